The van der Waals surface area contributed by atoms with E-state index in [-0.39, 0.29) is 11.6 Å². The van der Waals surface area contributed by atoms with Crippen LogP contribution in [0.3, 0.4) is 0 Å². The van der Waals surface area contributed by atoms with E-state index in [1.807, 2.05) is 31.2 Å². The van der Waals surface area contributed by atoms with Crippen LogP contribution in [-0.4, -0.2) is 22.4 Å². The molecule has 0 bridgehead atoms. The van der Waals surface area contributed by atoms with E-state index < -0.39 is 0 Å². The molecule has 0 aliphatic carbocycles. The number of fused-ring (bicyclic) bond motifs is 1. The number of hydrogen-bond acceptors (Lipinski definition) is 4. The highest BCUT2D eigenvalue weighted by atomic mass is 16.1. The summed E-state index contributed by atoms with van der Waals surface area (Å²) >= 11 is 0. The molecule has 0 atom stereocenters. The molecule has 5 nitrogen and oxygen atoms in total. The minimum Gasteiger partial charge on any atom is -0.396 e. The standard InChI is InChI=1S/C20H22N4O/c1-3-10-23-20(25)19-18(21)15-8-5-7-13(16(15)12-24-19)14-9-6-11-22-17(14)4-2/h5-9,11-12H,3-4,10,21H2,1-2H3,(H,23,25). The Bertz CT molecular complexity index is 921. The van der Waals surface area contributed by atoms with Crippen LogP contribution in [0.2, 0.25) is 0 Å². The van der Waals surface area contributed by atoms with Crippen molar-refractivity contribution in [2.24, 2.45) is 0 Å². The maximum absolute atomic E-state index is 12.3. The van der Waals surface area contributed by atoms with Crippen molar-refractivity contribution >= 4 is 22.4 Å². The third kappa shape index (κ3) is 3.18. The van der Waals surface area contributed by atoms with Gasteiger partial charge in [0.25, 0.3) is 5.91 Å². The van der Waals surface area contributed by atoms with Crippen LogP contribution >= 0.6 is 0 Å². The lowest BCUT2D eigenvalue weighted by Crippen LogP contribution is -2.26. The highest BCUT2D eigenvalue weighted by Gasteiger charge is 2.16. The predicted molar refractivity (Wildman–Crippen MR) is 101 cm³/mol. The molecule has 0 saturated carbocycles. The number of carbonyl (C=O) groups excluding carboxylic acids is 1. The smallest absolute Gasteiger partial charge is 0.272 e. The second-order valence-electron chi connectivity index (χ2n) is 5.89. The summed E-state index contributed by atoms with van der Waals surface area (Å²) in [6, 6.07) is 9.90. The van der Waals surface area contributed by atoms with Crippen LogP contribution in [0.1, 0.15) is 36.5 Å². The van der Waals surface area contributed by atoms with Gasteiger partial charge < -0.3 is 11.1 Å². The van der Waals surface area contributed by atoms with Crippen molar-refractivity contribution in [1.82, 2.24) is 15.3 Å². The third-order valence-electron chi connectivity index (χ3n) is 4.24. The lowest BCUT2D eigenvalue weighted by Gasteiger charge is -2.13. The number of aromatic nitrogens is 2. The molecule has 2 heterocycles. The van der Waals surface area contributed by atoms with Gasteiger partial charge in [-0.1, -0.05) is 38.1 Å². The van der Waals surface area contributed by atoms with E-state index in [1.54, 1.807) is 12.4 Å². The van der Waals surface area contributed by atoms with Gasteiger partial charge in [-0.05, 0) is 24.5 Å². The van der Waals surface area contributed by atoms with Gasteiger partial charge in [-0.3, -0.25) is 9.78 Å². The lowest BCUT2D eigenvalue weighted by atomic mass is 9.96. The van der Waals surface area contributed by atoms with Crippen LogP contribution in [0.4, 0.5) is 5.69 Å². The van der Waals surface area contributed by atoms with Gasteiger partial charge in [-0.2, -0.15) is 0 Å². The van der Waals surface area contributed by atoms with Crippen LogP contribution in [0, 0.1) is 0 Å². The number of benzene rings is 1. The van der Waals surface area contributed by atoms with E-state index in [4.69, 9.17) is 5.73 Å². The zero-order valence-corrected chi connectivity index (χ0v) is 14.5. The topological polar surface area (TPSA) is 80.9 Å². The van der Waals surface area contributed by atoms with Gasteiger partial charge in [0.2, 0.25) is 0 Å². The summed E-state index contributed by atoms with van der Waals surface area (Å²) in [4.78, 5) is 21.1. The molecule has 2 aromatic heterocycles. The van der Waals surface area contributed by atoms with E-state index in [9.17, 15) is 4.79 Å². The number of rotatable bonds is 5. The Labute approximate surface area is 147 Å². The number of pyridine rings is 2. The Balaban J connectivity index is 2.15. The minimum atomic E-state index is -0.234. The van der Waals surface area contributed by atoms with Gasteiger partial charge in [0, 0.05) is 41.0 Å². The van der Waals surface area contributed by atoms with Crippen molar-refractivity contribution in [1.29, 1.82) is 0 Å². The SMILES string of the molecule is CCCNC(=O)c1ncc2c(-c3cccnc3CC)cccc2c1N. The largest absolute Gasteiger partial charge is 0.396 e. The molecule has 0 spiro atoms. The molecule has 3 N–H and O–H groups in total. The van der Waals surface area contributed by atoms with Crippen LogP contribution in [0.5, 0.6) is 0 Å². The van der Waals surface area contributed by atoms with E-state index in [0.717, 1.165) is 40.4 Å². The number of aryl methyl sites for hydroxylation is 1. The predicted octanol–water partition coefficient (Wildman–Crippen LogP) is 3.58. The van der Waals surface area contributed by atoms with Crippen molar-refractivity contribution in [3.63, 3.8) is 0 Å². The van der Waals surface area contributed by atoms with Gasteiger partial charge >= 0.3 is 0 Å². The zero-order chi connectivity index (χ0) is 17.8. The Morgan fingerprint density at radius 2 is 1.88 bits per heavy atom. The van der Waals surface area contributed by atoms with E-state index >= 15 is 0 Å². The van der Waals surface area contributed by atoms with E-state index in [2.05, 4.69) is 28.3 Å². The van der Waals surface area contributed by atoms with Crippen LogP contribution in [0.15, 0.2) is 42.7 Å². The first kappa shape index (κ1) is 16.9. The summed E-state index contributed by atoms with van der Waals surface area (Å²) < 4.78 is 0. The van der Waals surface area contributed by atoms with Crippen molar-refractivity contribution in [2.45, 2.75) is 26.7 Å². The minimum absolute atomic E-state index is 0.234. The van der Waals surface area contributed by atoms with Gasteiger partial charge in [-0.15, -0.1) is 0 Å². The monoisotopic (exact) mass is 334 g/mol. The Morgan fingerprint density at radius 1 is 1.08 bits per heavy atom. The molecule has 5 heteroatoms. The Morgan fingerprint density at radius 3 is 2.64 bits per heavy atom. The lowest BCUT2D eigenvalue weighted by molar-refractivity contribution is 0.0950. The second-order valence-corrected chi connectivity index (χ2v) is 5.89. The second kappa shape index (κ2) is 7.30. The number of nitrogens with one attached hydrogen (secondary N) is 1. The highest BCUT2D eigenvalue weighted by Crippen LogP contribution is 2.33. The quantitative estimate of drug-likeness (QED) is 0.747. The van der Waals surface area contributed by atoms with Crippen molar-refractivity contribution in [3.05, 3.63) is 54.1 Å². The van der Waals surface area contributed by atoms with Crippen molar-refractivity contribution < 1.29 is 4.79 Å². The van der Waals surface area contributed by atoms with Gasteiger partial charge in [0.15, 0.2) is 5.69 Å². The fraction of sp³-hybridized carbons (Fsp3) is 0.250. The number of anilines is 1. The summed E-state index contributed by atoms with van der Waals surface area (Å²) in [5, 5.41) is 4.59. The number of amides is 1. The maximum atomic E-state index is 12.3. The summed E-state index contributed by atoms with van der Waals surface area (Å²) in [6.45, 7) is 4.69. The molecule has 1 aromatic carbocycles. The summed E-state index contributed by atoms with van der Waals surface area (Å²) in [6.07, 6.45) is 5.24. The molecular weight excluding hydrogens is 312 g/mol. The molecule has 0 unspecified atom stereocenters. The number of hydrogen-bond donors (Lipinski definition) is 2. The maximum Gasteiger partial charge on any atom is 0.272 e. The van der Waals surface area contributed by atoms with Crippen LogP contribution in [0.25, 0.3) is 21.9 Å². The number of nitrogens with two attached hydrogens (primary N) is 1. The Kier molecular flexibility index (Phi) is 4.93. The first-order chi connectivity index (χ1) is 12.2. The van der Waals surface area contributed by atoms with Crippen molar-refractivity contribution in [2.75, 3.05) is 12.3 Å². The first-order valence-electron chi connectivity index (χ1n) is 8.57. The fourth-order valence-corrected chi connectivity index (χ4v) is 2.97. The van der Waals surface area contributed by atoms with Gasteiger partial charge in [0.05, 0.1) is 5.69 Å². The van der Waals surface area contributed by atoms with E-state index in [0.29, 0.717) is 12.2 Å². The molecule has 0 radical (unpaired) electrons. The van der Waals surface area contributed by atoms with E-state index in [1.165, 1.54) is 0 Å². The molecule has 128 valence electrons. The molecule has 0 saturated heterocycles. The first-order valence-corrected chi connectivity index (χ1v) is 8.57. The Hall–Kier alpha value is -2.95. The number of nitrogen functional groups attached to an aromatic ring is 1. The third-order valence-corrected chi connectivity index (χ3v) is 4.24. The summed E-state index contributed by atoms with van der Waals surface area (Å²) in [5.41, 5.74) is 10.1. The highest BCUT2D eigenvalue weighted by molar-refractivity contribution is 6.09. The molecule has 3 rings (SSSR count). The molecule has 1 amide bonds. The van der Waals surface area contributed by atoms with Gasteiger partial charge in [0.1, 0.15) is 0 Å². The number of carbonyl (C=O) groups is 1. The normalized spacial score (nSPS) is 10.8. The van der Waals surface area contributed by atoms with Crippen molar-refractivity contribution in [3.8, 4) is 11.1 Å². The van der Waals surface area contributed by atoms with Crippen LogP contribution in [-0.2, 0) is 6.42 Å². The summed E-state index contributed by atoms with van der Waals surface area (Å²) in [7, 11) is 0. The van der Waals surface area contributed by atoms with Crippen LogP contribution < -0.4 is 11.1 Å². The molecule has 0 aliphatic heterocycles. The van der Waals surface area contributed by atoms with Gasteiger partial charge in [-0.25, -0.2) is 4.98 Å². The molecular formula is C20H22N4O. The average Bonchev–Trinajstić information content (AvgIpc) is 2.66. The molecule has 0 fully saturated rings. The summed E-state index contributed by atoms with van der Waals surface area (Å²) in [5.74, 6) is -0.234. The zero-order valence-electron chi connectivity index (χ0n) is 14.5. The average molecular weight is 334 g/mol. The fourth-order valence-electron chi connectivity index (χ4n) is 2.97. The number of nitrogens with zero attached hydrogens (tertiary/aromatic N) is 2. The molecule has 0 aliphatic rings. The molecule has 25 heavy (non-hydrogen) atoms. The molecule has 3 aromatic rings.